The second-order valence-electron chi connectivity index (χ2n) is 4.27. The molecule has 0 radical (unpaired) electrons. The molecule has 1 aromatic heterocycles. The van der Waals surface area contributed by atoms with Gasteiger partial charge >= 0.3 is 0 Å². The summed E-state index contributed by atoms with van der Waals surface area (Å²) in [5, 5.41) is 1.12. The standard InChI is InChI=1S/C12H17BrN2/c1-10-3-6-14-12(8-10)15-7-4-11(9-15)2-5-13/h3,6,8,11H,2,4-5,7,9H2,1H3. The van der Waals surface area contributed by atoms with E-state index in [0.29, 0.717) is 0 Å². The fourth-order valence-corrected chi connectivity index (χ4v) is 2.77. The summed E-state index contributed by atoms with van der Waals surface area (Å²) in [6, 6.07) is 4.23. The Hall–Kier alpha value is -0.570. The second kappa shape index (κ2) is 4.97. The Kier molecular flexibility index (Phi) is 3.62. The molecule has 1 atom stereocenters. The minimum absolute atomic E-state index is 0.840. The first kappa shape index (κ1) is 10.9. The van der Waals surface area contributed by atoms with Gasteiger partial charge in [0.1, 0.15) is 5.82 Å². The van der Waals surface area contributed by atoms with Crippen LogP contribution in [0.4, 0.5) is 5.82 Å². The van der Waals surface area contributed by atoms with E-state index in [1.165, 1.54) is 24.9 Å². The number of hydrogen-bond acceptors (Lipinski definition) is 2. The van der Waals surface area contributed by atoms with Crippen LogP contribution in [0.25, 0.3) is 0 Å². The van der Waals surface area contributed by atoms with E-state index in [4.69, 9.17) is 0 Å². The summed E-state index contributed by atoms with van der Waals surface area (Å²) in [5.41, 5.74) is 1.30. The molecule has 1 aromatic rings. The number of alkyl halides is 1. The molecule has 0 saturated carbocycles. The maximum Gasteiger partial charge on any atom is 0.128 e. The first-order valence-electron chi connectivity index (χ1n) is 5.53. The molecule has 0 aliphatic carbocycles. The third-order valence-corrected chi connectivity index (χ3v) is 3.49. The number of rotatable bonds is 3. The molecular formula is C12H17BrN2. The van der Waals surface area contributed by atoms with E-state index in [1.807, 2.05) is 6.20 Å². The van der Waals surface area contributed by atoms with Crippen LogP contribution in [-0.4, -0.2) is 23.4 Å². The minimum Gasteiger partial charge on any atom is -0.356 e. The fraction of sp³-hybridized carbons (Fsp3) is 0.583. The van der Waals surface area contributed by atoms with Gasteiger partial charge in [0.25, 0.3) is 0 Å². The van der Waals surface area contributed by atoms with E-state index in [1.54, 1.807) is 0 Å². The number of nitrogens with zero attached hydrogens (tertiary/aromatic N) is 2. The molecule has 2 rings (SSSR count). The molecule has 0 bridgehead atoms. The van der Waals surface area contributed by atoms with Crippen LogP contribution in [0.2, 0.25) is 0 Å². The van der Waals surface area contributed by atoms with Crippen LogP contribution in [0.3, 0.4) is 0 Å². The van der Waals surface area contributed by atoms with Crippen molar-refractivity contribution in [3.05, 3.63) is 23.9 Å². The number of pyridine rings is 1. The number of anilines is 1. The molecule has 15 heavy (non-hydrogen) atoms. The number of halogens is 1. The van der Waals surface area contributed by atoms with Crippen LogP contribution in [-0.2, 0) is 0 Å². The maximum atomic E-state index is 4.43. The molecule has 0 N–H and O–H groups in total. The Morgan fingerprint density at radius 2 is 2.47 bits per heavy atom. The Bertz CT molecular complexity index is 327. The van der Waals surface area contributed by atoms with Crippen molar-refractivity contribution in [1.82, 2.24) is 4.98 Å². The van der Waals surface area contributed by atoms with Gasteiger partial charge in [-0.2, -0.15) is 0 Å². The number of aryl methyl sites for hydroxylation is 1. The van der Waals surface area contributed by atoms with Crippen LogP contribution >= 0.6 is 15.9 Å². The van der Waals surface area contributed by atoms with Crippen molar-refractivity contribution in [2.24, 2.45) is 5.92 Å². The lowest BCUT2D eigenvalue weighted by atomic mass is 10.1. The molecular weight excluding hydrogens is 252 g/mol. The topological polar surface area (TPSA) is 16.1 Å². The third-order valence-electron chi connectivity index (χ3n) is 3.03. The molecule has 1 aliphatic heterocycles. The Morgan fingerprint density at radius 3 is 3.20 bits per heavy atom. The molecule has 2 nitrogen and oxygen atoms in total. The summed E-state index contributed by atoms with van der Waals surface area (Å²) in [7, 11) is 0. The molecule has 2 heterocycles. The van der Waals surface area contributed by atoms with Gasteiger partial charge in [-0.05, 0) is 43.4 Å². The van der Waals surface area contributed by atoms with Gasteiger partial charge in [-0.3, -0.25) is 0 Å². The average molecular weight is 269 g/mol. The van der Waals surface area contributed by atoms with Crippen LogP contribution < -0.4 is 4.90 Å². The summed E-state index contributed by atoms with van der Waals surface area (Å²) >= 11 is 3.51. The van der Waals surface area contributed by atoms with E-state index in [2.05, 4.69) is 44.9 Å². The predicted molar refractivity (Wildman–Crippen MR) is 67.7 cm³/mol. The summed E-state index contributed by atoms with van der Waals surface area (Å²) < 4.78 is 0. The summed E-state index contributed by atoms with van der Waals surface area (Å²) in [6.07, 6.45) is 4.49. The highest BCUT2D eigenvalue weighted by molar-refractivity contribution is 9.09. The highest BCUT2D eigenvalue weighted by atomic mass is 79.9. The number of hydrogen-bond donors (Lipinski definition) is 0. The minimum atomic E-state index is 0.840. The van der Waals surface area contributed by atoms with E-state index < -0.39 is 0 Å². The normalized spacial score (nSPS) is 20.9. The maximum absolute atomic E-state index is 4.43. The van der Waals surface area contributed by atoms with Crippen molar-refractivity contribution < 1.29 is 0 Å². The zero-order valence-electron chi connectivity index (χ0n) is 9.12. The van der Waals surface area contributed by atoms with Gasteiger partial charge in [-0.1, -0.05) is 15.9 Å². The van der Waals surface area contributed by atoms with Crippen molar-refractivity contribution in [1.29, 1.82) is 0 Å². The highest BCUT2D eigenvalue weighted by Gasteiger charge is 2.22. The van der Waals surface area contributed by atoms with E-state index in [9.17, 15) is 0 Å². The molecule has 1 saturated heterocycles. The molecule has 1 fully saturated rings. The molecule has 1 unspecified atom stereocenters. The van der Waals surface area contributed by atoms with Gasteiger partial charge in [0.2, 0.25) is 0 Å². The Labute approximate surface area is 99.8 Å². The van der Waals surface area contributed by atoms with Crippen LogP contribution in [0.5, 0.6) is 0 Å². The molecule has 82 valence electrons. The zero-order valence-corrected chi connectivity index (χ0v) is 10.7. The van der Waals surface area contributed by atoms with Gasteiger partial charge in [-0.15, -0.1) is 0 Å². The van der Waals surface area contributed by atoms with Crippen molar-refractivity contribution in [2.75, 3.05) is 23.3 Å². The SMILES string of the molecule is Cc1ccnc(N2CCC(CCBr)C2)c1. The van der Waals surface area contributed by atoms with E-state index in [-0.39, 0.29) is 0 Å². The molecule has 0 aromatic carbocycles. The lowest BCUT2D eigenvalue weighted by Gasteiger charge is -2.17. The van der Waals surface area contributed by atoms with Gasteiger partial charge < -0.3 is 4.90 Å². The monoisotopic (exact) mass is 268 g/mol. The van der Waals surface area contributed by atoms with Crippen LogP contribution in [0.1, 0.15) is 18.4 Å². The Balaban J connectivity index is 2.01. The average Bonchev–Trinajstić information content (AvgIpc) is 2.67. The lowest BCUT2D eigenvalue weighted by Crippen LogP contribution is -2.20. The molecule has 3 heteroatoms. The third kappa shape index (κ3) is 2.71. The van der Waals surface area contributed by atoms with Gasteiger partial charge in [0.05, 0.1) is 0 Å². The molecule has 0 spiro atoms. The lowest BCUT2D eigenvalue weighted by molar-refractivity contribution is 0.575. The van der Waals surface area contributed by atoms with Crippen LogP contribution in [0.15, 0.2) is 18.3 Å². The van der Waals surface area contributed by atoms with Crippen molar-refractivity contribution in [2.45, 2.75) is 19.8 Å². The van der Waals surface area contributed by atoms with Gasteiger partial charge in [0.15, 0.2) is 0 Å². The molecule has 0 amide bonds. The second-order valence-corrected chi connectivity index (χ2v) is 5.06. The smallest absolute Gasteiger partial charge is 0.128 e. The fourth-order valence-electron chi connectivity index (χ4n) is 2.12. The quantitative estimate of drug-likeness (QED) is 0.784. The highest BCUT2D eigenvalue weighted by Crippen LogP contribution is 2.24. The van der Waals surface area contributed by atoms with Gasteiger partial charge in [-0.25, -0.2) is 4.98 Å². The summed E-state index contributed by atoms with van der Waals surface area (Å²) in [5.74, 6) is 1.98. The Morgan fingerprint density at radius 1 is 1.60 bits per heavy atom. The summed E-state index contributed by atoms with van der Waals surface area (Å²) in [4.78, 5) is 6.83. The van der Waals surface area contributed by atoms with E-state index >= 15 is 0 Å². The zero-order chi connectivity index (χ0) is 10.7. The van der Waals surface area contributed by atoms with Crippen molar-refractivity contribution in [3.8, 4) is 0 Å². The van der Waals surface area contributed by atoms with Gasteiger partial charge in [0, 0.05) is 24.6 Å². The van der Waals surface area contributed by atoms with E-state index in [0.717, 1.165) is 23.6 Å². The number of aromatic nitrogens is 1. The first-order valence-corrected chi connectivity index (χ1v) is 6.65. The van der Waals surface area contributed by atoms with Crippen LogP contribution in [0, 0.1) is 12.8 Å². The van der Waals surface area contributed by atoms with Crippen molar-refractivity contribution >= 4 is 21.7 Å². The molecule has 1 aliphatic rings. The largest absolute Gasteiger partial charge is 0.356 e. The van der Waals surface area contributed by atoms with Crippen molar-refractivity contribution in [3.63, 3.8) is 0 Å². The summed E-state index contributed by atoms with van der Waals surface area (Å²) in [6.45, 7) is 4.45. The predicted octanol–water partition coefficient (Wildman–Crippen LogP) is 3.00. The first-order chi connectivity index (χ1) is 7.29.